The van der Waals surface area contributed by atoms with Crippen LogP contribution < -0.4 is 14.8 Å². The molecular formula is C13H16BrClN2O3. The lowest BCUT2D eigenvalue weighted by atomic mass is 10.1. The molecule has 0 saturated carbocycles. The molecule has 3 rings (SSSR count). The maximum Gasteiger partial charge on any atom is 0.254 e. The molecule has 1 N–H and O–H groups in total. The second-order valence-corrected chi connectivity index (χ2v) is 5.60. The first-order chi connectivity index (χ1) is 9.16. The van der Waals surface area contributed by atoms with Gasteiger partial charge < -0.3 is 19.7 Å². The van der Waals surface area contributed by atoms with Crippen molar-refractivity contribution in [1.82, 2.24) is 10.2 Å². The van der Waals surface area contributed by atoms with Crippen LogP contribution in [0.2, 0.25) is 0 Å². The van der Waals surface area contributed by atoms with Crippen molar-refractivity contribution in [2.24, 2.45) is 0 Å². The van der Waals surface area contributed by atoms with E-state index in [1.807, 2.05) is 11.8 Å². The number of piperazine rings is 1. The Morgan fingerprint density at radius 1 is 1.45 bits per heavy atom. The third kappa shape index (κ3) is 2.73. The highest BCUT2D eigenvalue weighted by Crippen LogP contribution is 2.40. The summed E-state index contributed by atoms with van der Waals surface area (Å²) in [5.74, 6) is 1.33. The van der Waals surface area contributed by atoms with Gasteiger partial charge in [0.2, 0.25) is 6.79 Å². The van der Waals surface area contributed by atoms with Gasteiger partial charge in [-0.2, -0.15) is 0 Å². The largest absolute Gasteiger partial charge is 0.454 e. The molecule has 0 aliphatic carbocycles. The highest BCUT2D eigenvalue weighted by atomic mass is 79.9. The summed E-state index contributed by atoms with van der Waals surface area (Å²) in [6.45, 7) is 4.65. The molecule has 20 heavy (non-hydrogen) atoms. The minimum Gasteiger partial charge on any atom is -0.454 e. The molecule has 0 aromatic heterocycles. The second kappa shape index (κ2) is 6.20. The fourth-order valence-corrected chi connectivity index (χ4v) is 2.96. The first-order valence-electron chi connectivity index (χ1n) is 6.27. The number of hydrogen-bond acceptors (Lipinski definition) is 4. The lowest BCUT2D eigenvalue weighted by Gasteiger charge is -2.34. The number of benzene rings is 1. The molecule has 0 spiro atoms. The maximum absolute atomic E-state index is 12.5. The number of halogens is 2. The number of ether oxygens (including phenoxy) is 2. The van der Waals surface area contributed by atoms with Crippen molar-refractivity contribution in [2.45, 2.75) is 13.0 Å². The van der Waals surface area contributed by atoms with Crippen molar-refractivity contribution in [1.29, 1.82) is 0 Å². The van der Waals surface area contributed by atoms with E-state index in [0.717, 1.165) is 24.1 Å². The Morgan fingerprint density at radius 2 is 2.25 bits per heavy atom. The van der Waals surface area contributed by atoms with E-state index in [-0.39, 0.29) is 31.1 Å². The van der Waals surface area contributed by atoms with Gasteiger partial charge in [0.05, 0.1) is 4.47 Å². The molecule has 7 heteroatoms. The first kappa shape index (κ1) is 15.4. The predicted octanol–water partition coefficient (Wildman–Crippen LogP) is 2.03. The van der Waals surface area contributed by atoms with Crippen LogP contribution in [-0.4, -0.2) is 43.3 Å². The summed E-state index contributed by atoms with van der Waals surface area (Å²) in [7, 11) is 0. The summed E-state index contributed by atoms with van der Waals surface area (Å²) in [6.07, 6.45) is 0. The fraction of sp³-hybridized carbons (Fsp3) is 0.462. The third-order valence-electron chi connectivity index (χ3n) is 3.44. The van der Waals surface area contributed by atoms with Crippen molar-refractivity contribution in [2.75, 3.05) is 26.4 Å². The normalized spacial score (nSPS) is 20.5. The topological polar surface area (TPSA) is 50.8 Å². The van der Waals surface area contributed by atoms with Gasteiger partial charge in [0.1, 0.15) is 0 Å². The van der Waals surface area contributed by atoms with E-state index in [4.69, 9.17) is 9.47 Å². The standard InChI is InChI=1S/C13H15BrN2O3.ClH/c1-8-6-15-2-3-16(8)13(17)9-4-10(14)12-11(5-9)18-7-19-12;/h4-5,8,15H,2-3,6-7H2,1H3;1H/t8-;/m1./s1. The van der Waals surface area contributed by atoms with E-state index in [1.54, 1.807) is 12.1 Å². The van der Waals surface area contributed by atoms with Crippen LogP contribution in [0, 0.1) is 0 Å². The average molecular weight is 364 g/mol. The molecule has 0 bridgehead atoms. The number of hydrogen-bond donors (Lipinski definition) is 1. The predicted molar refractivity (Wildman–Crippen MR) is 80.9 cm³/mol. The lowest BCUT2D eigenvalue weighted by Crippen LogP contribution is -2.52. The van der Waals surface area contributed by atoms with Crippen LogP contribution >= 0.6 is 28.3 Å². The van der Waals surface area contributed by atoms with E-state index in [0.29, 0.717) is 17.1 Å². The molecule has 1 atom stereocenters. The number of nitrogens with one attached hydrogen (secondary N) is 1. The summed E-state index contributed by atoms with van der Waals surface area (Å²) in [5.41, 5.74) is 0.630. The molecule has 2 aliphatic heterocycles. The van der Waals surface area contributed by atoms with Crippen LogP contribution in [0.15, 0.2) is 16.6 Å². The molecule has 1 fully saturated rings. The summed E-state index contributed by atoms with van der Waals surface area (Å²) in [6, 6.07) is 3.75. The van der Waals surface area contributed by atoms with Gasteiger partial charge in [-0.1, -0.05) is 0 Å². The van der Waals surface area contributed by atoms with Gasteiger partial charge in [-0.3, -0.25) is 4.79 Å². The molecule has 2 aliphatic rings. The maximum atomic E-state index is 12.5. The summed E-state index contributed by atoms with van der Waals surface area (Å²) in [5, 5.41) is 3.28. The van der Waals surface area contributed by atoms with Gasteiger partial charge >= 0.3 is 0 Å². The SMILES string of the molecule is C[C@@H]1CNCCN1C(=O)c1cc(Br)c2c(c1)OCO2.Cl. The van der Waals surface area contributed by atoms with Crippen molar-refractivity contribution in [3.8, 4) is 11.5 Å². The van der Waals surface area contributed by atoms with Crippen molar-refractivity contribution < 1.29 is 14.3 Å². The Hall–Kier alpha value is -0.980. The quantitative estimate of drug-likeness (QED) is 0.829. The first-order valence-corrected chi connectivity index (χ1v) is 7.07. The smallest absolute Gasteiger partial charge is 0.254 e. The van der Waals surface area contributed by atoms with Gasteiger partial charge in [0.25, 0.3) is 5.91 Å². The summed E-state index contributed by atoms with van der Waals surface area (Å²) < 4.78 is 11.4. The fourth-order valence-electron chi connectivity index (χ4n) is 2.40. The van der Waals surface area contributed by atoms with Crippen LogP contribution in [0.4, 0.5) is 0 Å². The van der Waals surface area contributed by atoms with Crippen LogP contribution in [0.1, 0.15) is 17.3 Å². The molecule has 1 amide bonds. The number of rotatable bonds is 1. The van der Waals surface area contributed by atoms with Crippen LogP contribution in [0.5, 0.6) is 11.5 Å². The van der Waals surface area contributed by atoms with Gasteiger partial charge in [-0.05, 0) is 35.0 Å². The van der Waals surface area contributed by atoms with Gasteiger partial charge in [-0.15, -0.1) is 12.4 Å². The molecular weight excluding hydrogens is 348 g/mol. The van der Waals surface area contributed by atoms with Crippen molar-refractivity contribution in [3.05, 3.63) is 22.2 Å². The molecule has 1 aromatic carbocycles. The van der Waals surface area contributed by atoms with Gasteiger partial charge in [0.15, 0.2) is 11.5 Å². The number of fused-ring (bicyclic) bond motifs is 1. The number of carbonyl (C=O) groups is 1. The second-order valence-electron chi connectivity index (χ2n) is 4.74. The Balaban J connectivity index is 0.00000147. The minimum absolute atomic E-state index is 0. The van der Waals surface area contributed by atoms with Gasteiger partial charge in [0, 0.05) is 31.2 Å². The van der Waals surface area contributed by atoms with Crippen LogP contribution in [0.25, 0.3) is 0 Å². The van der Waals surface area contributed by atoms with E-state index in [9.17, 15) is 4.79 Å². The molecule has 110 valence electrons. The summed E-state index contributed by atoms with van der Waals surface area (Å²) in [4.78, 5) is 14.4. The molecule has 2 heterocycles. The molecule has 1 aromatic rings. The van der Waals surface area contributed by atoms with Crippen molar-refractivity contribution >= 4 is 34.2 Å². The zero-order valence-corrected chi connectivity index (χ0v) is 13.4. The third-order valence-corrected chi connectivity index (χ3v) is 4.03. The zero-order chi connectivity index (χ0) is 13.4. The highest BCUT2D eigenvalue weighted by Gasteiger charge is 2.27. The Labute approximate surface area is 132 Å². The molecule has 1 saturated heterocycles. The van der Waals surface area contributed by atoms with E-state index < -0.39 is 0 Å². The number of nitrogens with zero attached hydrogens (tertiary/aromatic N) is 1. The van der Waals surface area contributed by atoms with E-state index in [2.05, 4.69) is 21.2 Å². The van der Waals surface area contributed by atoms with Crippen LogP contribution in [-0.2, 0) is 0 Å². The zero-order valence-electron chi connectivity index (χ0n) is 11.0. The number of amides is 1. The van der Waals surface area contributed by atoms with E-state index >= 15 is 0 Å². The molecule has 0 unspecified atom stereocenters. The highest BCUT2D eigenvalue weighted by molar-refractivity contribution is 9.10. The lowest BCUT2D eigenvalue weighted by molar-refractivity contribution is 0.0655. The minimum atomic E-state index is 0. The Bertz CT molecular complexity index is 527. The van der Waals surface area contributed by atoms with Gasteiger partial charge in [-0.25, -0.2) is 0 Å². The molecule has 5 nitrogen and oxygen atoms in total. The summed E-state index contributed by atoms with van der Waals surface area (Å²) >= 11 is 3.42. The Kier molecular flexibility index (Phi) is 4.78. The molecule has 0 radical (unpaired) electrons. The monoisotopic (exact) mass is 362 g/mol. The van der Waals surface area contributed by atoms with Crippen LogP contribution in [0.3, 0.4) is 0 Å². The average Bonchev–Trinajstić information content (AvgIpc) is 2.87. The Morgan fingerprint density at radius 3 is 3.00 bits per heavy atom. The van der Waals surface area contributed by atoms with Crippen molar-refractivity contribution in [3.63, 3.8) is 0 Å². The number of carbonyl (C=O) groups excluding carboxylic acids is 1. The van der Waals surface area contributed by atoms with E-state index in [1.165, 1.54) is 0 Å².